The van der Waals surface area contributed by atoms with Crippen LogP contribution in [0, 0.1) is 6.92 Å². The molecule has 0 atom stereocenters. The van der Waals surface area contributed by atoms with Gasteiger partial charge >= 0.3 is 0 Å². The van der Waals surface area contributed by atoms with Gasteiger partial charge in [0.1, 0.15) is 11.5 Å². The number of fused-ring (bicyclic) bond motifs is 1. The van der Waals surface area contributed by atoms with Crippen LogP contribution in [0.25, 0.3) is 6.08 Å². The van der Waals surface area contributed by atoms with Crippen LogP contribution in [0.2, 0.25) is 0 Å². The van der Waals surface area contributed by atoms with E-state index in [1.54, 1.807) is 35.2 Å². The molecule has 0 saturated carbocycles. The molecule has 0 fully saturated rings. The lowest BCUT2D eigenvalue weighted by molar-refractivity contribution is -0.115. The predicted molar refractivity (Wildman–Crippen MR) is 108 cm³/mol. The highest BCUT2D eigenvalue weighted by atomic mass is 16.3. The first kappa shape index (κ1) is 17.8. The summed E-state index contributed by atoms with van der Waals surface area (Å²) in [7, 11) is 0. The van der Waals surface area contributed by atoms with Crippen LogP contribution < -0.4 is 10.2 Å². The minimum atomic E-state index is -0.335. The highest BCUT2D eigenvalue weighted by molar-refractivity contribution is 6.12. The quantitative estimate of drug-likeness (QED) is 0.706. The van der Waals surface area contributed by atoms with Crippen LogP contribution in [-0.4, -0.2) is 18.4 Å². The fourth-order valence-corrected chi connectivity index (χ4v) is 3.26. The van der Waals surface area contributed by atoms with E-state index in [0.29, 0.717) is 17.9 Å². The number of nitrogens with one attached hydrogen (secondary N) is 1. The third-order valence-corrected chi connectivity index (χ3v) is 4.75. The van der Waals surface area contributed by atoms with Crippen molar-refractivity contribution in [3.05, 3.63) is 95.1 Å². The maximum atomic E-state index is 13.3. The van der Waals surface area contributed by atoms with Crippen LogP contribution in [-0.2, 0) is 11.2 Å². The molecule has 2 heterocycles. The van der Waals surface area contributed by atoms with Crippen molar-refractivity contribution in [1.82, 2.24) is 5.32 Å². The van der Waals surface area contributed by atoms with Crippen molar-refractivity contribution < 1.29 is 14.0 Å². The molecule has 5 nitrogen and oxygen atoms in total. The van der Waals surface area contributed by atoms with Gasteiger partial charge in [0.05, 0.1) is 6.26 Å². The number of hydrogen-bond donors (Lipinski definition) is 1. The summed E-state index contributed by atoms with van der Waals surface area (Å²) < 4.78 is 5.35. The van der Waals surface area contributed by atoms with E-state index in [1.165, 1.54) is 6.26 Å². The number of anilines is 1. The molecule has 140 valence electrons. The Morgan fingerprint density at radius 3 is 2.57 bits per heavy atom. The van der Waals surface area contributed by atoms with E-state index in [4.69, 9.17) is 4.42 Å². The van der Waals surface area contributed by atoms with Gasteiger partial charge in [-0.25, -0.2) is 0 Å². The average Bonchev–Trinajstić information content (AvgIpc) is 3.37. The summed E-state index contributed by atoms with van der Waals surface area (Å²) in [6.45, 7) is 2.53. The number of para-hydroxylation sites is 1. The number of carbonyl (C=O) groups is 2. The first-order valence-corrected chi connectivity index (χ1v) is 9.15. The second-order valence-corrected chi connectivity index (χ2v) is 6.73. The number of rotatable bonds is 4. The lowest BCUT2D eigenvalue weighted by atomic mass is 10.1. The molecule has 1 aliphatic rings. The molecule has 1 aromatic heterocycles. The molecule has 1 aliphatic heterocycles. The molecule has 2 amide bonds. The van der Waals surface area contributed by atoms with Crippen molar-refractivity contribution in [2.75, 3.05) is 11.4 Å². The van der Waals surface area contributed by atoms with Crippen LogP contribution in [0.4, 0.5) is 5.69 Å². The van der Waals surface area contributed by atoms with E-state index < -0.39 is 0 Å². The van der Waals surface area contributed by atoms with E-state index in [-0.39, 0.29) is 17.5 Å². The van der Waals surface area contributed by atoms with E-state index in [1.807, 2.05) is 43.3 Å². The first-order chi connectivity index (χ1) is 13.6. The molecule has 28 heavy (non-hydrogen) atoms. The predicted octanol–water partition coefficient (Wildman–Crippen LogP) is 3.95. The van der Waals surface area contributed by atoms with Crippen LogP contribution >= 0.6 is 0 Å². The van der Waals surface area contributed by atoms with Crippen LogP contribution in [0.5, 0.6) is 0 Å². The minimum Gasteiger partial charge on any atom is -0.465 e. The van der Waals surface area contributed by atoms with Gasteiger partial charge in [0.2, 0.25) is 0 Å². The lowest BCUT2D eigenvalue weighted by Crippen LogP contribution is -2.37. The maximum absolute atomic E-state index is 13.3. The molecule has 0 unspecified atom stereocenters. The molecule has 0 radical (unpaired) electrons. The fourth-order valence-electron chi connectivity index (χ4n) is 3.26. The number of amides is 2. The van der Waals surface area contributed by atoms with Gasteiger partial charge in [-0.2, -0.15) is 0 Å². The van der Waals surface area contributed by atoms with Gasteiger partial charge in [-0.15, -0.1) is 0 Å². The smallest absolute Gasteiger partial charge is 0.274 e. The second-order valence-electron chi connectivity index (χ2n) is 6.73. The zero-order chi connectivity index (χ0) is 19.5. The number of nitrogens with zero attached hydrogens (tertiary/aromatic N) is 1. The zero-order valence-electron chi connectivity index (χ0n) is 15.5. The Labute approximate surface area is 163 Å². The SMILES string of the molecule is Cc1ccc(C(=O)NC(=Cc2ccco2)C(=O)N2CCc3ccccc32)cc1. The Kier molecular flexibility index (Phi) is 4.81. The molecule has 0 bridgehead atoms. The molecule has 0 spiro atoms. The Morgan fingerprint density at radius 1 is 1.04 bits per heavy atom. The lowest BCUT2D eigenvalue weighted by Gasteiger charge is -2.19. The van der Waals surface area contributed by atoms with Crippen LogP contribution in [0.1, 0.15) is 27.2 Å². The molecular formula is C23H20N2O3. The van der Waals surface area contributed by atoms with Crippen molar-refractivity contribution in [3.8, 4) is 0 Å². The number of aryl methyl sites for hydroxylation is 1. The summed E-state index contributed by atoms with van der Waals surface area (Å²) in [5.74, 6) is -0.0968. The van der Waals surface area contributed by atoms with Crippen molar-refractivity contribution in [1.29, 1.82) is 0 Å². The van der Waals surface area contributed by atoms with E-state index >= 15 is 0 Å². The molecule has 2 aromatic carbocycles. The van der Waals surface area contributed by atoms with Gasteiger partial charge in [-0.3, -0.25) is 9.59 Å². The minimum absolute atomic E-state index is 0.178. The summed E-state index contributed by atoms with van der Waals surface area (Å²) in [6, 6.07) is 18.5. The Bertz CT molecular complexity index is 1030. The van der Waals surface area contributed by atoms with Gasteiger partial charge in [-0.1, -0.05) is 35.9 Å². The number of benzene rings is 2. The van der Waals surface area contributed by atoms with Gasteiger partial charge in [0, 0.05) is 23.9 Å². The molecular weight excluding hydrogens is 352 g/mol. The summed E-state index contributed by atoms with van der Waals surface area (Å²) in [4.78, 5) is 27.7. The van der Waals surface area contributed by atoms with Crippen LogP contribution in [0.3, 0.4) is 0 Å². The van der Waals surface area contributed by atoms with Crippen molar-refractivity contribution in [2.45, 2.75) is 13.3 Å². The molecule has 4 rings (SSSR count). The van der Waals surface area contributed by atoms with Crippen molar-refractivity contribution >= 4 is 23.6 Å². The van der Waals surface area contributed by atoms with Gasteiger partial charge in [0.15, 0.2) is 0 Å². The summed E-state index contributed by atoms with van der Waals surface area (Å²) in [5, 5.41) is 2.77. The molecule has 3 aromatic rings. The Balaban J connectivity index is 1.64. The third kappa shape index (κ3) is 3.60. The molecule has 0 saturated heterocycles. The number of furan rings is 1. The highest BCUT2D eigenvalue weighted by Crippen LogP contribution is 2.28. The topological polar surface area (TPSA) is 62.6 Å². The van der Waals surface area contributed by atoms with E-state index in [9.17, 15) is 9.59 Å². The standard InChI is InChI=1S/C23H20N2O3/c1-16-8-10-18(11-9-16)22(26)24-20(15-19-6-4-14-28-19)23(27)25-13-12-17-5-2-3-7-21(17)25/h2-11,14-15H,12-13H2,1H3,(H,24,26). The van der Waals surface area contributed by atoms with Gasteiger partial charge < -0.3 is 14.6 Å². The van der Waals surface area contributed by atoms with Crippen molar-refractivity contribution in [3.63, 3.8) is 0 Å². The molecule has 1 N–H and O–H groups in total. The second kappa shape index (κ2) is 7.56. The fraction of sp³-hybridized carbons (Fsp3) is 0.130. The normalized spacial score (nSPS) is 13.3. The molecule has 5 heteroatoms. The number of hydrogen-bond acceptors (Lipinski definition) is 3. The highest BCUT2D eigenvalue weighted by Gasteiger charge is 2.27. The third-order valence-electron chi connectivity index (χ3n) is 4.75. The number of carbonyl (C=O) groups excluding carboxylic acids is 2. The van der Waals surface area contributed by atoms with Crippen LogP contribution in [0.15, 0.2) is 77.0 Å². The first-order valence-electron chi connectivity index (χ1n) is 9.15. The Morgan fingerprint density at radius 2 is 1.82 bits per heavy atom. The summed E-state index contributed by atoms with van der Waals surface area (Å²) in [5.41, 5.74) is 3.73. The summed E-state index contributed by atoms with van der Waals surface area (Å²) in [6.07, 6.45) is 3.89. The van der Waals surface area contributed by atoms with Gasteiger partial charge in [-0.05, 0) is 49.2 Å². The van der Waals surface area contributed by atoms with Crippen molar-refractivity contribution in [2.24, 2.45) is 0 Å². The van der Waals surface area contributed by atoms with E-state index in [2.05, 4.69) is 5.32 Å². The monoisotopic (exact) mass is 372 g/mol. The summed E-state index contributed by atoms with van der Waals surface area (Å²) >= 11 is 0. The molecule has 0 aliphatic carbocycles. The Hall–Kier alpha value is -3.60. The largest absolute Gasteiger partial charge is 0.465 e. The average molecular weight is 372 g/mol. The van der Waals surface area contributed by atoms with Gasteiger partial charge in [0.25, 0.3) is 11.8 Å². The van der Waals surface area contributed by atoms with E-state index in [0.717, 1.165) is 23.2 Å². The zero-order valence-corrected chi connectivity index (χ0v) is 15.5. The maximum Gasteiger partial charge on any atom is 0.274 e.